The van der Waals surface area contributed by atoms with Crippen LogP contribution in [0.15, 0.2) is 17.6 Å². The van der Waals surface area contributed by atoms with Gasteiger partial charge in [-0.1, -0.05) is 23.7 Å². The van der Waals surface area contributed by atoms with Crippen LogP contribution in [0.4, 0.5) is 0 Å². The van der Waals surface area contributed by atoms with E-state index in [1.165, 1.54) is 6.92 Å². The van der Waals surface area contributed by atoms with Gasteiger partial charge in [-0.15, -0.1) is 0 Å². The summed E-state index contributed by atoms with van der Waals surface area (Å²) < 4.78 is 12.2. The van der Waals surface area contributed by atoms with Crippen molar-refractivity contribution in [3.8, 4) is 0 Å². The van der Waals surface area contributed by atoms with Gasteiger partial charge >= 0.3 is 7.12 Å². The normalized spacial score (nSPS) is 19.5. The number of hydrogen-bond acceptors (Lipinski definition) is 4. The topological polar surface area (TPSA) is 60.5 Å². The van der Waals surface area contributed by atoms with E-state index in [1.807, 2.05) is 46.8 Å². The summed E-state index contributed by atoms with van der Waals surface area (Å²) in [5.74, 6) is -0.108. The lowest BCUT2D eigenvalue weighted by atomic mass is 9.77. The van der Waals surface area contributed by atoms with Crippen molar-refractivity contribution in [2.45, 2.75) is 52.7 Å². The maximum absolute atomic E-state index is 11.3. The Hall–Kier alpha value is -1.37. The van der Waals surface area contributed by atoms with Crippen molar-refractivity contribution in [1.29, 1.82) is 0 Å². The highest BCUT2D eigenvalue weighted by molar-refractivity contribution is 6.56. The van der Waals surface area contributed by atoms with Gasteiger partial charge in [0.15, 0.2) is 0 Å². The van der Waals surface area contributed by atoms with Crippen LogP contribution in [0, 0.1) is 6.92 Å². The maximum atomic E-state index is 11.3. The van der Waals surface area contributed by atoms with Crippen LogP contribution in [-0.2, 0) is 14.1 Å². The highest BCUT2D eigenvalue weighted by Gasteiger charge is 2.52. The molecule has 0 radical (unpaired) electrons. The van der Waals surface area contributed by atoms with E-state index in [-0.39, 0.29) is 5.91 Å². The second-order valence-electron chi connectivity index (χ2n) is 7.03. The summed E-state index contributed by atoms with van der Waals surface area (Å²) in [4.78, 5) is 15.6. The molecular formula is C17H24BClN2O3. The molecule has 0 bridgehead atoms. The van der Waals surface area contributed by atoms with E-state index in [2.05, 4.69) is 10.3 Å². The monoisotopic (exact) mass is 350 g/mol. The van der Waals surface area contributed by atoms with Crippen LogP contribution in [0.25, 0.3) is 6.08 Å². The largest absolute Gasteiger partial charge is 0.492 e. The minimum Gasteiger partial charge on any atom is -0.400 e. The molecule has 2 rings (SSSR count). The minimum absolute atomic E-state index is 0.108. The average Bonchev–Trinajstić information content (AvgIpc) is 2.65. The molecule has 1 aromatic rings. The van der Waals surface area contributed by atoms with Crippen LogP contribution in [0.5, 0.6) is 0 Å². The fraction of sp³-hybridized carbons (Fsp3) is 0.529. The number of carbonyl (C=O) groups is 1. The van der Waals surface area contributed by atoms with E-state index < -0.39 is 18.3 Å². The molecule has 1 aliphatic heterocycles. The van der Waals surface area contributed by atoms with Gasteiger partial charge in [0.05, 0.1) is 11.2 Å². The fourth-order valence-corrected chi connectivity index (χ4v) is 2.51. The minimum atomic E-state index is -0.531. The van der Waals surface area contributed by atoms with E-state index in [0.29, 0.717) is 11.7 Å². The van der Waals surface area contributed by atoms with Gasteiger partial charge in [0.1, 0.15) is 5.15 Å². The zero-order valence-electron chi connectivity index (χ0n) is 15.1. The number of hydrogen-bond donors (Lipinski definition) is 1. The molecule has 0 aliphatic carbocycles. The number of aryl methyl sites for hydroxylation is 1. The van der Waals surface area contributed by atoms with Crippen molar-refractivity contribution in [3.05, 3.63) is 34.0 Å². The maximum Gasteiger partial charge on any atom is 0.492 e. The van der Waals surface area contributed by atoms with Crippen molar-refractivity contribution in [3.63, 3.8) is 0 Å². The SMILES string of the molecule is CC(=O)NCC(=Cc1ccc(Cl)nc1C)B1OC(C)(C)C(C)(C)O1. The Bertz CT molecular complexity index is 658. The van der Waals surface area contributed by atoms with Gasteiger partial charge in [0, 0.05) is 19.2 Å². The fourth-order valence-electron chi connectivity index (χ4n) is 2.32. The van der Waals surface area contributed by atoms with Crippen LogP contribution in [-0.4, -0.2) is 35.8 Å². The zero-order valence-corrected chi connectivity index (χ0v) is 15.8. The van der Waals surface area contributed by atoms with Gasteiger partial charge in [-0.3, -0.25) is 4.79 Å². The van der Waals surface area contributed by atoms with Crippen LogP contribution in [0.2, 0.25) is 5.15 Å². The van der Waals surface area contributed by atoms with Crippen LogP contribution in [0.3, 0.4) is 0 Å². The summed E-state index contributed by atoms with van der Waals surface area (Å²) in [6, 6.07) is 3.63. The first-order valence-corrected chi connectivity index (χ1v) is 8.33. The number of rotatable bonds is 4. The first kappa shape index (κ1) is 19.0. The lowest BCUT2D eigenvalue weighted by molar-refractivity contribution is -0.118. The molecule has 1 fully saturated rings. The number of amides is 1. The second kappa shape index (κ2) is 6.86. The average molecular weight is 351 g/mol. The summed E-state index contributed by atoms with van der Waals surface area (Å²) in [5.41, 5.74) is 1.66. The molecule has 130 valence electrons. The molecule has 24 heavy (non-hydrogen) atoms. The summed E-state index contributed by atoms with van der Waals surface area (Å²) in [7, 11) is -0.531. The molecule has 1 amide bonds. The summed E-state index contributed by atoms with van der Waals surface area (Å²) in [6.45, 7) is 11.7. The van der Waals surface area contributed by atoms with E-state index >= 15 is 0 Å². The van der Waals surface area contributed by atoms with E-state index in [0.717, 1.165) is 16.7 Å². The molecule has 0 spiro atoms. The standard InChI is InChI=1S/C17H24BClN2O3/c1-11-13(7-8-15(19)21-11)9-14(10-20-12(2)22)18-23-16(3,4)17(5,6)24-18/h7-9H,10H2,1-6H3,(H,20,22). The molecule has 0 aromatic carbocycles. The van der Waals surface area contributed by atoms with E-state index in [9.17, 15) is 4.79 Å². The Kier molecular flexibility index (Phi) is 5.42. The van der Waals surface area contributed by atoms with Gasteiger partial charge in [0.2, 0.25) is 5.91 Å². The third-order valence-electron chi connectivity index (χ3n) is 4.53. The van der Waals surface area contributed by atoms with Crippen molar-refractivity contribution >= 4 is 30.7 Å². The molecule has 7 heteroatoms. The number of carbonyl (C=O) groups excluding carboxylic acids is 1. The van der Waals surface area contributed by atoms with Crippen molar-refractivity contribution in [2.75, 3.05) is 6.54 Å². The van der Waals surface area contributed by atoms with Gasteiger partial charge in [-0.25, -0.2) is 4.98 Å². The quantitative estimate of drug-likeness (QED) is 0.669. The molecule has 5 nitrogen and oxygen atoms in total. The molecule has 0 saturated carbocycles. The van der Waals surface area contributed by atoms with Gasteiger partial charge in [-0.05, 0) is 51.7 Å². The van der Waals surface area contributed by atoms with Crippen LogP contribution >= 0.6 is 11.6 Å². The molecule has 0 unspecified atom stereocenters. The molecule has 1 aliphatic rings. The lowest BCUT2D eigenvalue weighted by Gasteiger charge is -2.32. The molecule has 1 aromatic heterocycles. The van der Waals surface area contributed by atoms with Crippen LogP contribution in [0.1, 0.15) is 45.9 Å². The number of aromatic nitrogens is 1. The third kappa shape index (κ3) is 4.18. The summed E-state index contributed by atoms with van der Waals surface area (Å²) in [6.07, 6.45) is 1.94. The van der Waals surface area contributed by atoms with Crippen molar-refractivity contribution in [1.82, 2.24) is 10.3 Å². The smallest absolute Gasteiger partial charge is 0.400 e. The molecule has 1 saturated heterocycles. The van der Waals surface area contributed by atoms with Crippen molar-refractivity contribution in [2.24, 2.45) is 0 Å². The number of nitrogens with one attached hydrogen (secondary N) is 1. The summed E-state index contributed by atoms with van der Waals surface area (Å²) in [5, 5.41) is 3.26. The van der Waals surface area contributed by atoms with Gasteiger partial charge in [-0.2, -0.15) is 0 Å². The summed E-state index contributed by atoms with van der Waals surface area (Å²) >= 11 is 5.92. The van der Waals surface area contributed by atoms with Gasteiger partial charge < -0.3 is 14.6 Å². The Balaban J connectivity index is 2.35. The highest BCUT2D eigenvalue weighted by Crippen LogP contribution is 2.38. The highest BCUT2D eigenvalue weighted by atomic mass is 35.5. The molecule has 2 heterocycles. The van der Waals surface area contributed by atoms with E-state index in [4.69, 9.17) is 20.9 Å². The number of pyridine rings is 1. The zero-order chi connectivity index (χ0) is 18.1. The first-order chi connectivity index (χ1) is 11.0. The number of nitrogens with zero attached hydrogens (tertiary/aromatic N) is 1. The second-order valence-corrected chi connectivity index (χ2v) is 7.41. The Morgan fingerprint density at radius 1 is 1.29 bits per heavy atom. The third-order valence-corrected chi connectivity index (χ3v) is 4.74. The molecule has 1 N–H and O–H groups in total. The number of halogens is 1. The first-order valence-electron chi connectivity index (χ1n) is 7.95. The predicted molar refractivity (Wildman–Crippen MR) is 96.7 cm³/mol. The Morgan fingerprint density at radius 2 is 1.88 bits per heavy atom. The molecular weight excluding hydrogens is 326 g/mol. The van der Waals surface area contributed by atoms with Crippen molar-refractivity contribution < 1.29 is 14.1 Å². The Labute approximate surface area is 148 Å². The molecule has 0 atom stereocenters. The van der Waals surface area contributed by atoms with Gasteiger partial charge in [0.25, 0.3) is 0 Å². The lowest BCUT2D eigenvalue weighted by Crippen LogP contribution is -2.41. The van der Waals surface area contributed by atoms with Crippen LogP contribution < -0.4 is 5.32 Å². The predicted octanol–water partition coefficient (Wildman–Crippen LogP) is 3.19. The Morgan fingerprint density at radius 3 is 2.38 bits per heavy atom. The van der Waals surface area contributed by atoms with E-state index in [1.54, 1.807) is 6.07 Å².